The number of ketones is 1. The maximum Gasteiger partial charge on any atom is 0.307 e. The molecule has 0 bridgehead atoms. The minimum Gasteiger partial charge on any atom is -0.457 e. The summed E-state index contributed by atoms with van der Waals surface area (Å²) in [7, 11) is 0. The van der Waals surface area contributed by atoms with Crippen LogP contribution in [-0.4, -0.2) is 40.3 Å². The van der Waals surface area contributed by atoms with Gasteiger partial charge < -0.3 is 14.9 Å². The van der Waals surface area contributed by atoms with Crippen LogP contribution in [0.25, 0.3) is 0 Å². The van der Waals surface area contributed by atoms with Gasteiger partial charge in [0.25, 0.3) is 0 Å². The van der Waals surface area contributed by atoms with Crippen molar-refractivity contribution in [2.75, 3.05) is 0 Å². The van der Waals surface area contributed by atoms with Crippen molar-refractivity contribution in [3.63, 3.8) is 0 Å². The van der Waals surface area contributed by atoms with Gasteiger partial charge in [-0.1, -0.05) is 17.2 Å². The van der Waals surface area contributed by atoms with Crippen LogP contribution in [0.2, 0.25) is 0 Å². The number of esters is 1. The van der Waals surface area contributed by atoms with Crippen molar-refractivity contribution in [1.29, 1.82) is 0 Å². The van der Waals surface area contributed by atoms with Crippen molar-refractivity contribution in [3.05, 3.63) is 23.3 Å². The molecule has 1 aliphatic carbocycles. The Morgan fingerprint density at radius 3 is 2.61 bits per heavy atom. The highest BCUT2D eigenvalue weighted by Gasteiger charge is 2.57. The molecule has 0 aromatic rings. The number of ether oxygens (including phenoxy) is 1. The van der Waals surface area contributed by atoms with Crippen LogP contribution in [0.5, 0.6) is 0 Å². The molecule has 0 amide bonds. The lowest BCUT2D eigenvalue weighted by Gasteiger charge is -2.38. The maximum absolute atomic E-state index is 12.5. The Hall–Kier alpha value is -1.46. The Morgan fingerprint density at radius 1 is 1.26 bits per heavy atom. The zero-order valence-corrected chi connectivity index (χ0v) is 14.0. The monoisotopic (exact) mass is 322 g/mol. The molecule has 1 saturated carbocycles. The predicted molar refractivity (Wildman–Crippen MR) is 85.6 cm³/mol. The Morgan fingerprint density at radius 2 is 1.96 bits per heavy atom. The SMILES string of the molecule is CC(C)=CCCC(C)=C[C@H]1OC(=O)CC12C[C@H](O)[C@@H](O)CC2=O. The first-order valence-corrected chi connectivity index (χ1v) is 8.14. The lowest BCUT2D eigenvalue weighted by Crippen LogP contribution is -2.50. The van der Waals surface area contributed by atoms with Gasteiger partial charge in [-0.05, 0) is 46.1 Å². The Bertz CT molecular complexity index is 544. The van der Waals surface area contributed by atoms with Crippen LogP contribution < -0.4 is 0 Å². The molecule has 2 aliphatic rings. The number of carbonyl (C=O) groups excluding carboxylic acids is 2. The van der Waals surface area contributed by atoms with E-state index < -0.39 is 29.7 Å². The van der Waals surface area contributed by atoms with Crippen molar-refractivity contribution in [2.45, 2.75) is 71.2 Å². The van der Waals surface area contributed by atoms with E-state index in [0.29, 0.717) is 0 Å². The minimum atomic E-state index is -1.05. The van der Waals surface area contributed by atoms with Crippen molar-refractivity contribution in [3.8, 4) is 0 Å². The summed E-state index contributed by atoms with van der Waals surface area (Å²) in [5.41, 5.74) is 1.28. The zero-order valence-electron chi connectivity index (χ0n) is 14.0. The Labute approximate surface area is 137 Å². The predicted octanol–water partition coefficient (Wildman–Crippen LogP) is 2.07. The average molecular weight is 322 g/mol. The van der Waals surface area contributed by atoms with E-state index in [2.05, 4.69) is 6.08 Å². The van der Waals surface area contributed by atoms with Gasteiger partial charge in [-0.25, -0.2) is 0 Å². The van der Waals surface area contributed by atoms with E-state index in [1.54, 1.807) is 0 Å². The number of carbonyl (C=O) groups is 2. The molecule has 1 saturated heterocycles. The zero-order chi connectivity index (χ0) is 17.2. The van der Waals surface area contributed by atoms with Crippen LogP contribution in [0.4, 0.5) is 0 Å². The molecule has 1 aliphatic heterocycles. The number of aliphatic hydroxyl groups is 2. The minimum absolute atomic E-state index is 0.0158. The van der Waals surface area contributed by atoms with Crippen LogP contribution >= 0.6 is 0 Å². The molecule has 5 heteroatoms. The second kappa shape index (κ2) is 6.97. The number of cyclic esters (lactones) is 1. The number of allylic oxidation sites excluding steroid dienone is 3. The fourth-order valence-corrected chi connectivity index (χ4v) is 3.38. The standard InChI is InChI=1S/C18H26O5/c1-11(2)5-4-6-12(3)7-16-18(10-17(22)23-16)9-14(20)13(19)8-15(18)21/h5,7,13-14,16,19-20H,4,6,8-10H2,1-3H3/t13-,14-,16+,18?/m0/s1. The third kappa shape index (κ3) is 3.90. The molecule has 2 fully saturated rings. The molecule has 2 rings (SSSR count). The van der Waals surface area contributed by atoms with Gasteiger partial charge in [-0.2, -0.15) is 0 Å². The quantitative estimate of drug-likeness (QED) is 0.611. The molecular weight excluding hydrogens is 296 g/mol. The van der Waals surface area contributed by atoms with Gasteiger partial charge in [0.1, 0.15) is 11.9 Å². The van der Waals surface area contributed by atoms with E-state index in [-0.39, 0.29) is 25.0 Å². The van der Waals surface area contributed by atoms with Crippen LogP contribution in [0.1, 0.15) is 52.9 Å². The van der Waals surface area contributed by atoms with Crippen LogP contribution in [-0.2, 0) is 14.3 Å². The Balaban J connectivity index is 2.17. The van der Waals surface area contributed by atoms with Gasteiger partial charge >= 0.3 is 5.97 Å². The van der Waals surface area contributed by atoms with E-state index >= 15 is 0 Å². The first-order chi connectivity index (χ1) is 10.7. The highest BCUT2D eigenvalue weighted by Crippen LogP contribution is 2.46. The van der Waals surface area contributed by atoms with Gasteiger partial charge in [0, 0.05) is 6.42 Å². The molecule has 1 spiro atoms. The second-order valence-corrected chi connectivity index (χ2v) is 7.04. The summed E-state index contributed by atoms with van der Waals surface area (Å²) in [4.78, 5) is 24.3. The normalized spacial score (nSPS) is 34.7. The molecule has 4 atom stereocenters. The summed E-state index contributed by atoms with van der Waals surface area (Å²) < 4.78 is 5.36. The molecule has 0 radical (unpaired) electrons. The van der Waals surface area contributed by atoms with Crippen molar-refractivity contribution in [2.24, 2.45) is 5.41 Å². The van der Waals surface area contributed by atoms with Crippen LogP contribution in [0, 0.1) is 5.41 Å². The van der Waals surface area contributed by atoms with Crippen LogP contribution in [0.15, 0.2) is 23.3 Å². The van der Waals surface area contributed by atoms with Gasteiger partial charge in [0.15, 0.2) is 0 Å². The van der Waals surface area contributed by atoms with Crippen LogP contribution in [0.3, 0.4) is 0 Å². The first kappa shape index (κ1) is 17.9. The summed E-state index contributed by atoms with van der Waals surface area (Å²) in [5.74, 6) is -0.611. The highest BCUT2D eigenvalue weighted by molar-refractivity contribution is 5.93. The topological polar surface area (TPSA) is 83.8 Å². The van der Waals surface area contributed by atoms with Crippen molar-refractivity contribution >= 4 is 11.8 Å². The smallest absolute Gasteiger partial charge is 0.307 e. The molecule has 0 aromatic heterocycles. The molecule has 0 aromatic carbocycles. The fraction of sp³-hybridized carbons (Fsp3) is 0.667. The first-order valence-electron chi connectivity index (χ1n) is 8.14. The molecule has 2 N–H and O–H groups in total. The van der Waals surface area contributed by atoms with E-state index in [4.69, 9.17) is 4.74 Å². The maximum atomic E-state index is 12.5. The summed E-state index contributed by atoms with van der Waals surface area (Å²) in [6, 6.07) is 0. The summed E-state index contributed by atoms with van der Waals surface area (Å²) >= 11 is 0. The number of Topliss-reactive ketones (excluding diaryl/α,β-unsaturated/α-hetero) is 1. The van der Waals surface area contributed by atoms with Crippen molar-refractivity contribution < 1.29 is 24.5 Å². The molecule has 1 unspecified atom stereocenters. The van der Waals surface area contributed by atoms with E-state index in [9.17, 15) is 19.8 Å². The fourth-order valence-electron chi connectivity index (χ4n) is 3.38. The van der Waals surface area contributed by atoms with Gasteiger partial charge in [0.05, 0.1) is 24.0 Å². The third-order valence-corrected chi connectivity index (χ3v) is 4.76. The molecule has 23 heavy (non-hydrogen) atoms. The van der Waals surface area contributed by atoms with E-state index in [1.807, 2.05) is 26.8 Å². The van der Waals surface area contributed by atoms with Gasteiger partial charge in [-0.3, -0.25) is 9.59 Å². The van der Waals surface area contributed by atoms with Gasteiger partial charge in [0.2, 0.25) is 0 Å². The van der Waals surface area contributed by atoms with E-state index in [1.165, 1.54) is 5.57 Å². The molecule has 5 nitrogen and oxygen atoms in total. The lowest BCUT2D eigenvalue weighted by atomic mass is 9.66. The largest absolute Gasteiger partial charge is 0.457 e. The van der Waals surface area contributed by atoms with Gasteiger partial charge in [-0.15, -0.1) is 0 Å². The number of rotatable bonds is 4. The Kier molecular flexibility index (Phi) is 5.42. The summed E-state index contributed by atoms with van der Waals surface area (Å²) in [6.45, 7) is 6.04. The molecule has 1 heterocycles. The third-order valence-electron chi connectivity index (χ3n) is 4.76. The number of aliphatic hydroxyl groups excluding tert-OH is 2. The second-order valence-electron chi connectivity index (χ2n) is 7.04. The highest BCUT2D eigenvalue weighted by atomic mass is 16.6. The number of hydrogen-bond acceptors (Lipinski definition) is 5. The summed E-state index contributed by atoms with van der Waals surface area (Å²) in [6.07, 6.45) is 2.94. The average Bonchev–Trinajstić information content (AvgIpc) is 2.73. The molecule has 128 valence electrons. The van der Waals surface area contributed by atoms with Crippen molar-refractivity contribution in [1.82, 2.24) is 0 Å². The molecular formula is C18H26O5. The van der Waals surface area contributed by atoms with E-state index in [0.717, 1.165) is 18.4 Å². The lowest BCUT2D eigenvalue weighted by molar-refractivity contribution is -0.146. The number of hydrogen-bond donors (Lipinski definition) is 2. The summed E-state index contributed by atoms with van der Waals surface area (Å²) in [5, 5.41) is 19.6.